The molecular weight excluding hydrogens is 350 g/mol. The second-order valence-corrected chi connectivity index (χ2v) is 8.08. The zero-order valence-electron chi connectivity index (χ0n) is 11.0. The fourth-order valence-electron chi connectivity index (χ4n) is 1.60. The molecule has 0 fully saturated rings. The summed E-state index contributed by atoms with van der Waals surface area (Å²) in [6.07, 6.45) is 1.64. The lowest BCUT2D eigenvalue weighted by molar-refractivity contribution is 0.582. The molecule has 0 aliphatic carbocycles. The predicted molar refractivity (Wildman–Crippen MR) is 88.2 cm³/mol. The number of hydrogen-bond acceptors (Lipinski definition) is 5. The van der Waals surface area contributed by atoms with E-state index in [1.807, 2.05) is 6.92 Å². The van der Waals surface area contributed by atoms with Crippen LogP contribution in [0.15, 0.2) is 29.3 Å². The third-order valence-corrected chi connectivity index (χ3v) is 5.64. The minimum absolute atomic E-state index is 0.00889. The van der Waals surface area contributed by atoms with Gasteiger partial charge in [-0.25, -0.2) is 18.1 Å². The van der Waals surface area contributed by atoms with Crippen LogP contribution in [0.2, 0.25) is 5.02 Å². The summed E-state index contributed by atoms with van der Waals surface area (Å²) in [5, 5.41) is 0.955. The van der Waals surface area contributed by atoms with Crippen molar-refractivity contribution in [1.82, 2.24) is 9.71 Å². The van der Waals surface area contributed by atoms with Crippen LogP contribution in [-0.2, 0) is 16.6 Å². The largest absolute Gasteiger partial charge is 0.389 e. The van der Waals surface area contributed by atoms with E-state index in [0.717, 1.165) is 9.88 Å². The number of nitrogens with two attached hydrogens (primary N) is 1. The first-order chi connectivity index (χ1) is 9.79. The SMILES string of the molecule is Cc1ncc(CNS(=O)(=O)c2ccc(C(N)=S)cc2Cl)s1. The van der Waals surface area contributed by atoms with Gasteiger partial charge in [-0.3, -0.25) is 0 Å². The van der Waals surface area contributed by atoms with Crippen LogP contribution in [0, 0.1) is 6.92 Å². The Bertz CT molecular complexity index is 787. The Kier molecular flexibility index (Phi) is 4.95. The van der Waals surface area contributed by atoms with E-state index in [1.54, 1.807) is 6.20 Å². The molecule has 1 aromatic heterocycles. The Labute approximate surface area is 137 Å². The molecule has 1 aromatic carbocycles. The highest BCUT2D eigenvalue weighted by molar-refractivity contribution is 7.89. The highest BCUT2D eigenvalue weighted by atomic mass is 35.5. The topological polar surface area (TPSA) is 85.1 Å². The maximum absolute atomic E-state index is 12.2. The second kappa shape index (κ2) is 6.37. The van der Waals surface area contributed by atoms with Gasteiger partial charge in [-0.15, -0.1) is 11.3 Å². The molecule has 2 rings (SSSR count). The minimum atomic E-state index is -3.71. The number of aryl methyl sites for hydroxylation is 1. The van der Waals surface area contributed by atoms with Crippen LogP contribution in [0.1, 0.15) is 15.4 Å². The number of thiazole rings is 1. The summed E-state index contributed by atoms with van der Waals surface area (Å²) in [4.78, 5) is 5.05. The molecule has 1 heterocycles. The van der Waals surface area contributed by atoms with E-state index >= 15 is 0 Å². The molecule has 3 N–H and O–H groups in total. The van der Waals surface area contributed by atoms with Gasteiger partial charge in [0.05, 0.1) is 10.0 Å². The Morgan fingerprint density at radius 2 is 2.24 bits per heavy atom. The fraction of sp³-hybridized carbons (Fsp3) is 0.167. The Morgan fingerprint density at radius 1 is 1.52 bits per heavy atom. The molecule has 0 bridgehead atoms. The number of aromatic nitrogens is 1. The van der Waals surface area contributed by atoms with E-state index in [9.17, 15) is 8.42 Å². The zero-order valence-corrected chi connectivity index (χ0v) is 14.2. The lowest BCUT2D eigenvalue weighted by Gasteiger charge is -2.08. The third-order valence-electron chi connectivity index (χ3n) is 2.61. The van der Waals surface area contributed by atoms with Gasteiger partial charge in [0.25, 0.3) is 0 Å². The highest BCUT2D eigenvalue weighted by Gasteiger charge is 2.18. The summed E-state index contributed by atoms with van der Waals surface area (Å²) in [7, 11) is -3.71. The van der Waals surface area contributed by atoms with E-state index in [4.69, 9.17) is 29.6 Å². The molecule has 2 aromatic rings. The second-order valence-electron chi connectivity index (χ2n) is 4.18. The van der Waals surface area contributed by atoms with Crippen LogP contribution in [0.25, 0.3) is 0 Å². The number of sulfonamides is 1. The summed E-state index contributed by atoms with van der Waals surface area (Å²) in [6, 6.07) is 4.35. The molecule has 0 amide bonds. The van der Waals surface area contributed by atoms with E-state index in [0.29, 0.717) is 5.56 Å². The van der Waals surface area contributed by atoms with E-state index < -0.39 is 10.0 Å². The maximum atomic E-state index is 12.2. The Hall–Kier alpha value is -1.06. The van der Waals surface area contributed by atoms with Gasteiger partial charge >= 0.3 is 0 Å². The highest BCUT2D eigenvalue weighted by Crippen LogP contribution is 2.23. The van der Waals surface area contributed by atoms with Crippen LogP contribution >= 0.6 is 35.2 Å². The van der Waals surface area contributed by atoms with Gasteiger partial charge in [0.15, 0.2) is 0 Å². The van der Waals surface area contributed by atoms with Crippen molar-refractivity contribution in [2.24, 2.45) is 5.73 Å². The third kappa shape index (κ3) is 3.98. The summed E-state index contributed by atoms with van der Waals surface area (Å²) in [6.45, 7) is 2.02. The molecule has 0 unspecified atom stereocenters. The normalized spacial score (nSPS) is 11.5. The lowest BCUT2D eigenvalue weighted by Crippen LogP contribution is -2.23. The number of nitrogens with zero attached hydrogens (tertiary/aromatic N) is 1. The molecule has 0 saturated carbocycles. The summed E-state index contributed by atoms with van der Waals surface area (Å²) in [5.74, 6) is 0. The van der Waals surface area contributed by atoms with E-state index in [2.05, 4.69) is 9.71 Å². The molecule has 0 atom stereocenters. The van der Waals surface area contributed by atoms with Crippen LogP contribution in [0.4, 0.5) is 0 Å². The van der Waals surface area contributed by atoms with Gasteiger partial charge in [0.2, 0.25) is 10.0 Å². The summed E-state index contributed by atoms with van der Waals surface area (Å²) in [5.41, 5.74) is 6.00. The van der Waals surface area contributed by atoms with Crippen molar-refractivity contribution in [1.29, 1.82) is 0 Å². The fourth-order valence-corrected chi connectivity index (χ4v) is 4.11. The number of nitrogens with one attached hydrogen (secondary N) is 1. The van der Waals surface area contributed by atoms with Crippen molar-refractivity contribution in [3.05, 3.63) is 44.9 Å². The average Bonchev–Trinajstić information content (AvgIpc) is 2.82. The maximum Gasteiger partial charge on any atom is 0.242 e. The van der Waals surface area contributed by atoms with Gasteiger partial charge in [-0.05, 0) is 19.1 Å². The van der Waals surface area contributed by atoms with Crippen molar-refractivity contribution >= 4 is 50.2 Å². The molecule has 0 aliphatic rings. The van der Waals surface area contributed by atoms with Crippen molar-refractivity contribution in [3.63, 3.8) is 0 Å². The predicted octanol–water partition coefficient (Wildman–Crippen LogP) is 2.22. The molecule has 0 radical (unpaired) electrons. The zero-order chi connectivity index (χ0) is 15.6. The summed E-state index contributed by atoms with van der Waals surface area (Å²) < 4.78 is 27.0. The van der Waals surface area contributed by atoms with Crippen LogP contribution in [0.5, 0.6) is 0 Å². The monoisotopic (exact) mass is 361 g/mol. The van der Waals surface area contributed by atoms with E-state index in [1.165, 1.54) is 29.5 Å². The number of thiocarbonyl (C=S) groups is 1. The van der Waals surface area contributed by atoms with Crippen LogP contribution in [0.3, 0.4) is 0 Å². The van der Waals surface area contributed by atoms with Gasteiger partial charge in [0, 0.05) is 23.2 Å². The number of rotatable bonds is 5. The van der Waals surface area contributed by atoms with Crippen molar-refractivity contribution in [2.45, 2.75) is 18.4 Å². The van der Waals surface area contributed by atoms with Crippen LogP contribution in [-0.4, -0.2) is 18.4 Å². The summed E-state index contributed by atoms with van der Waals surface area (Å²) >= 11 is 12.3. The molecule has 9 heteroatoms. The number of benzene rings is 1. The molecule has 0 saturated heterocycles. The van der Waals surface area contributed by atoms with Crippen molar-refractivity contribution in [3.8, 4) is 0 Å². The number of halogens is 1. The first kappa shape index (κ1) is 16.3. The van der Waals surface area contributed by atoms with E-state index in [-0.39, 0.29) is 21.5 Å². The molecular formula is C12H12ClN3O2S3. The lowest BCUT2D eigenvalue weighted by atomic mass is 10.2. The number of hydrogen-bond donors (Lipinski definition) is 2. The molecule has 112 valence electrons. The average molecular weight is 362 g/mol. The van der Waals surface area contributed by atoms with Crippen molar-refractivity contribution in [2.75, 3.05) is 0 Å². The van der Waals surface area contributed by atoms with Crippen LogP contribution < -0.4 is 10.5 Å². The first-order valence-corrected chi connectivity index (χ1v) is 8.88. The van der Waals surface area contributed by atoms with Gasteiger partial charge in [-0.2, -0.15) is 0 Å². The first-order valence-electron chi connectivity index (χ1n) is 5.80. The van der Waals surface area contributed by atoms with Gasteiger partial charge < -0.3 is 5.73 Å². The standard InChI is InChI=1S/C12H12ClN3O2S3/c1-7-15-5-9(20-7)6-16-21(17,18)11-3-2-8(12(14)19)4-10(11)13/h2-5,16H,6H2,1H3,(H2,14,19). The Morgan fingerprint density at radius 3 is 2.76 bits per heavy atom. The molecule has 21 heavy (non-hydrogen) atoms. The molecule has 0 aliphatic heterocycles. The van der Waals surface area contributed by atoms with Gasteiger partial charge in [-0.1, -0.05) is 29.9 Å². The quantitative estimate of drug-likeness (QED) is 0.797. The smallest absolute Gasteiger partial charge is 0.242 e. The minimum Gasteiger partial charge on any atom is -0.389 e. The molecule has 5 nitrogen and oxygen atoms in total. The van der Waals surface area contributed by atoms with Gasteiger partial charge in [0.1, 0.15) is 9.88 Å². The van der Waals surface area contributed by atoms with Crippen molar-refractivity contribution < 1.29 is 8.42 Å². The Balaban J connectivity index is 2.21. The molecule has 0 spiro atoms.